The Bertz CT molecular complexity index is 993. The van der Waals surface area contributed by atoms with Crippen LogP contribution >= 0.6 is 11.3 Å². The van der Waals surface area contributed by atoms with Gasteiger partial charge in [-0.25, -0.2) is 0 Å². The third-order valence-corrected chi connectivity index (χ3v) is 6.15. The Morgan fingerprint density at radius 2 is 2.10 bits per heavy atom. The molecular formula is C16H19F3N6O2S2. The minimum atomic E-state index is -5.61. The van der Waals surface area contributed by atoms with Crippen LogP contribution in [0.2, 0.25) is 0 Å². The van der Waals surface area contributed by atoms with Gasteiger partial charge in [0, 0.05) is 18.3 Å². The van der Waals surface area contributed by atoms with Crippen LogP contribution in [0.4, 0.5) is 35.4 Å². The van der Waals surface area contributed by atoms with E-state index < -0.39 is 15.5 Å². The van der Waals surface area contributed by atoms with Gasteiger partial charge in [0.05, 0.1) is 5.69 Å². The van der Waals surface area contributed by atoms with Crippen LogP contribution in [-0.4, -0.2) is 36.7 Å². The number of halogens is 3. The minimum absolute atomic E-state index is 0.0159. The van der Waals surface area contributed by atoms with E-state index in [2.05, 4.69) is 25.3 Å². The predicted octanol–water partition coefficient (Wildman–Crippen LogP) is 4.77. The van der Waals surface area contributed by atoms with E-state index in [9.17, 15) is 21.6 Å². The van der Waals surface area contributed by atoms with Crippen LogP contribution in [0, 0.1) is 0 Å². The molecule has 1 atom stereocenters. The maximum atomic E-state index is 12.9. The number of anilines is 2. The van der Waals surface area contributed by atoms with Crippen molar-refractivity contribution in [2.24, 2.45) is 10.2 Å². The summed E-state index contributed by atoms with van der Waals surface area (Å²) in [4.78, 5) is 2.07. The third-order valence-electron chi connectivity index (χ3n) is 4.48. The lowest BCUT2D eigenvalue weighted by Gasteiger charge is -2.37. The van der Waals surface area contributed by atoms with Crippen LogP contribution in [0.15, 0.2) is 27.9 Å². The van der Waals surface area contributed by atoms with Gasteiger partial charge in [-0.15, -0.1) is 20.4 Å². The Kier molecular flexibility index (Phi) is 6.08. The standard InChI is InChI=1S/C16H19F3N6O2S2/c1-3-6-25-10(2)4-5-11-7-12(21-23-15-22-20-9-28-15)13(8-14(11)25)24-29(26,27)16(17,18)19/h7-10,24H,3-6H2,1-2H3. The third kappa shape index (κ3) is 4.66. The van der Waals surface area contributed by atoms with Crippen LogP contribution < -0.4 is 9.62 Å². The van der Waals surface area contributed by atoms with Gasteiger partial charge in [-0.3, -0.25) is 4.72 Å². The van der Waals surface area contributed by atoms with Gasteiger partial charge in [0.1, 0.15) is 11.2 Å². The van der Waals surface area contributed by atoms with Crippen LogP contribution in [0.1, 0.15) is 32.3 Å². The van der Waals surface area contributed by atoms with E-state index in [4.69, 9.17) is 0 Å². The molecule has 8 nitrogen and oxygen atoms in total. The van der Waals surface area contributed by atoms with Gasteiger partial charge in [0.2, 0.25) is 0 Å². The molecule has 1 aliphatic rings. The first-order valence-corrected chi connectivity index (χ1v) is 11.2. The average Bonchev–Trinajstić information content (AvgIpc) is 3.15. The molecule has 13 heteroatoms. The molecule has 0 fully saturated rings. The Hall–Kier alpha value is -2.28. The zero-order chi connectivity index (χ0) is 21.2. The summed E-state index contributed by atoms with van der Waals surface area (Å²) in [6.45, 7) is 4.73. The van der Waals surface area contributed by atoms with Crippen molar-refractivity contribution in [1.82, 2.24) is 10.2 Å². The summed E-state index contributed by atoms with van der Waals surface area (Å²) in [5.74, 6) is 0. The first-order chi connectivity index (χ1) is 13.6. The number of hydrogen-bond acceptors (Lipinski definition) is 8. The number of aryl methyl sites for hydroxylation is 1. The summed E-state index contributed by atoms with van der Waals surface area (Å²) in [6, 6.07) is 3.16. The quantitative estimate of drug-likeness (QED) is 0.642. The number of azo groups is 1. The summed E-state index contributed by atoms with van der Waals surface area (Å²) in [5, 5.41) is 15.3. The lowest BCUT2D eigenvalue weighted by molar-refractivity contribution is -0.0429. The monoisotopic (exact) mass is 448 g/mol. The maximum Gasteiger partial charge on any atom is 0.516 e. The number of benzene rings is 1. The number of nitrogens with one attached hydrogen (secondary N) is 1. The number of sulfonamides is 1. The smallest absolute Gasteiger partial charge is 0.369 e. The Labute approximate surface area is 169 Å². The van der Waals surface area contributed by atoms with E-state index in [-0.39, 0.29) is 22.5 Å². The molecule has 1 aromatic carbocycles. The second kappa shape index (κ2) is 8.22. The highest BCUT2D eigenvalue weighted by Gasteiger charge is 2.46. The Morgan fingerprint density at radius 1 is 1.34 bits per heavy atom. The summed E-state index contributed by atoms with van der Waals surface area (Å²) in [7, 11) is -5.61. The number of alkyl halides is 3. The fraction of sp³-hybridized carbons (Fsp3) is 0.500. The number of nitrogens with zero attached hydrogens (tertiary/aromatic N) is 5. The Balaban J connectivity index is 2.09. The molecule has 3 rings (SSSR count). The molecule has 1 aromatic heterocycles. The average molecular weight is 448 g/mol. The van der Waals surface area contributed by atoms with E-state index in [0.29, 0.717) is 18.7 Å². The van der Waals surface area contributed by atoms with E-state index in [1.165, 1.54) is 11.6 Å². The fourth-order valence-corrected chi connectivity index (χ4v) is 4.04. The highest BCUT2D eigenvalue weighted by molar-refractivity contribution is 7.93. The molecule has 158 valence electrons. The highest BCUT2D eigenvalue weighted by Crippen LogP contribution is 2.40. The van der Waals surface area contributed by atoms with E-state index >= 15 is 0 Å². The van der Waals surface area contributed by atoms with Crippen LogP contribution in [-0.2, 0) is 16.4 Å². The lowest BCUT2D eigenvalue weighted by atomic mass is 9.95. The zero-order valence-corrected chi connectivity index (χ0v) is 17.3. The summed E-state index contributed by atoms with van der Waals surface area (Å²) in [6.07, 6.45) is 2.41. The predicted molar refractivity (Wildman–Crippen MR) is 105 cm³/mol. The molecule has 1 unspecified atom stereocenters. The summed E-state index contributed by atoms with van der Waals surface area (Å²) < 4.78 is 63.8. The molecule has 0 bridgehead atoms. The molecule has 0 amide bonds. The van der Waals surface area contributed by atoms with Crippen molar-refractivity contribution in [3.05, 3.63) is 23.2 Å². The fourth-order valence-electron chi connectivity index (χ4n) is 3.10. The van der Waals surface area contributed by atoms with Gasteiger partial charge in [-0.1, -0.05) is 18.3 Å². The van der Waals surface area contributed by atoms with Crippen molar-refractivity contribution in [3.8, 4) is 0 Å². The topological polar surface area (TPSA) is 99.9 Å². The van der Waals surface area contributed by atoms with Gasteiger partial charge in [-0.05, 0) is 43.9 Å². The SMILES string of the molecule is CCCN1c2cc(NS(=O)(=O)C(F)(F)F)c(N=Nc3nncs3)cc2CCC1C. The molecule has 2 aromatic rings. The molecular weight excluding hydrogens is 429 g/mol. The molecule has 0 radical (unpaired) electrons. The molecule has 0 spiro atoms. The van der Waals surface area contributed by atoms with Crippen LogP contribution in [0.5, 0.6) is 0 Å². The van der Waals surface area contributed by atoms with Crippen molar-refractivity contribution in [2.45, 2.75) is 44.7 Å². The number of aromatic nitrogens is 2. The molecule has 2 heterocycles. The van der Waals surface area contributed by atoms with Gasteiger partial charge in [-0.2, -0.15) is 21.6 Å². The maximum absolute atomic E-state index is 12.9. The van der Waals surface area contributed by atoms with E-state index in [0.717, 1.165) is 29.7 Å². The van der Waals surface area contributed by atoms with E-state index in [1.54, 1.807) is 10.8 Å². The number of hydrogen-bond donors (Lipinski definition) is 1. The second-order valence-corrected chi connectivity index (χ2v) is 9.04. The minimum Gasteiger partial charge on any atom is -0.369 e. The first kappa shape index (κ1) is 21.4. The van der Waals surface area contributed by atoms with Gasteiger partial charge >= 0.3 is 15.5 Å². The second-order valence-electron chi connectivity index (χ2n) is 6.55. The van der Waals surface area contributed by atoms with Crippen molar-refractivity contribution < 1.29 is 21.6 Å². The largest absolute Gasteiger partial charge is 0.516 e. The van der Waals surface area contributed by atoms with Gasteiger partial charge < -0.3 is 4.90 Å². The molecule has 0 saturated carbocycles. The lowest BCUT2D eigenvalue weighted by Crippen LogP contribution is -2.38. The highest BCUT2D eigenvalue weighted by atomic mass is 32.2. The van der Waals surface area contributed by atoms with Crippen LogP contribution in [0.25, 0.3) is 0 Å². The van der Waals surface area contributed by atoms with Gasteiger partial charge in [0.25, 0.3) is 5.13 Å². The van der Waals surface area contributed by atoms with Crippen LogP contribution in [0.3, 0.4) is 0 Å². The normalized spacial score (nSPS) is 17.6. The first-order valence-electron chi connectivity index (χ1n) is 8.83. The zero-order valence-electron chi connectivity index (χ0n) is 15.6. The molecule has 1 aliphatic heterocycles. The summed E-state index contributed by atoms with van der Waals surface area (Å²) >= 11 is 1.09. The summed E-state index contributed by atoms with van der Waals surface area (Å²) in [5.41, 5.74) is -2.76. The van der Waals surface area contributed by atoms with Crippen molar-refractivity contribution in [3.63, 3.8) is 0 Å². The molecule has 0 saturated heterocycles. The van der Waals surface area contributed by atoms with Crippen molar-refractivity contribution >= 4 is 43.6 Å². The molecule has 29 heavy (non-hydrogen) atoms. The van der Waals surface area contributed by atoms with E-state index in [1.807, 2.05) is 13.8 Å². The van der Waals surface area contributed by atoms with Crippen molar-refractivity contribution in [2.75, 3.05) is 16.2 Å². The number of rotatable bonds is 6. The van der Waals surface area contributed by atoms with Crippen molar-refractivity contribution in [1.29, 1.82) is 0 Å². The van der Waals surface area contributed by atoms with Gasteiger partial charge in [0.15, 0.2) is 0 Å². The Morgan fingerprint density at radius 3 is 2.72 bits per heavy atom. The number of fused-ring (bicyclic) bond motifs is 1. The molecule has 0 aliphatic carbocycles. The molecule has 1 N–H and O–H groups in total.